The number of nitrogens with one attached hydrogen (secondary N) is 1. The normalized spacial score (nSPS) is 10.3. The van der Waals surface area contributed by atoms with E-state index in [-0.39, 0.29) is 11.6 Å². The summed E-state index contributed by atoms with van der Waals surface area (Å²) < 4.78 is 18.0. The smallest absolute Gasteiger partial charge is 0.293 e. The highest BCUT2D eigenvalue weighted by Crippen LogP contribution is 2.22. The van der Waals surface area contributed by atoms with Crippen molar-refractivity contribution in [1.29, 1.82) is 0 Å². The fourth-order valence-corrected chi connectivity index (χ4v) is 1.93. The van der Waals surface area contributed by atoms with Gasteiger partial charge in [0.1, 0.15) is 11.5 Å². The van der Waals surface area contributed by atoms with Crippen molar-refractivity contribution in [2.45, 2.75) is 0 Å². The Labute approximate surface area is 120 Å². The number of carbonyl (C=O) groups is 1. The van der Waals surface area contributed by atoms with Crippen LogP contribution in [0.5, 0.6) is 0 Å². The second-order valence-electron chi connectivity index (χ2n) is 4.36. The lowest BCUT2D eigenvalue weighted by molar-refractivity contribution is 0.0997. The number of aromatic nitrogens is 1. The van der Waals surface area contributed by atoms with Gasteiger partial charge in [0.2, 0.25) is 5.76 Å². The third-order valence-electron chi connectivity index (χ3n) is 2.92. The summed E-state index contributed by atoms with van der Waals surface area (Å²) in [7, 11) is 0. The highest BCUT2D eigenvalue weighted by molar-refractivity contribution is 6.05. The summed E-state index contributed by atoms with van der Waals surface area (Å²) in [4.78, 5) is 16.3. The quantitative estimate of drug-likeness (QED) is 0.796. The molecule has 1 amide bonds. The number of carbonyl (C=O) groups excluding carboxylic acids is 1. The predicted octanol–water partition coefficient (Wildman–Crippen LogP) is 3.73. The zero-order valence-electron chi connectivity index (χ0n) is 10.9. The van der Waals surface area contributed by atoms with Gasteiger partial charge in [0, 0.05) is 11.3 Å². The molecule has 2 aromatic carbocycles. The maximum absolute atomic E-state index is 12.8. The summed E-state index contributed by atoms with van der Waals surface area (Å²) in [6.45, 7) is 0. The maximum Gasteiger partial charge on any atom is 0.293 e. The molecule has 0 bridgehead atoms. The summed E-state index contributed by atoms with van der Waals surface area (Å²) in [6, 6.07) is 14.8. The number of anilines is 1. The molecule has 0 fully saturated rings. The minimum absolute atomic E-state index is 0.116. The number of amides is 1. The fourth-order valence-electron chi connectivity index (χ4n) is 1.93. The number of rotatable bonds is 3. The van der Waals surface area contributed by atoms with Crippen LogP contribution in [0, 0.1) is 5.82 Å². The molecule has 1 heterocycles. The monoisotopic (exact) mass is 282 g/mol. The van der Waals surface area contributed by atoms with Crippen molar-refractivity contribution >= 4 is 11.6 Å². The van der Waals surface area contributed by atoms with Crippen molar-refractivity contribution < 1.29 is 13.6 Å². The van der Waals surface area contributed by atoms with Crippen LogP contribution in [0.1, 0.15) is 10.6 Å². The van der Waals surface area contributed by atoms with Gasteiger partial charge in [-0.15, -0.1) is 0 Å². The predicted molar refractivity (Wildman–Crippen MR) is 76.3 cm³/mol. The molecule has 0 aliphatic rings. The molecule has 0 radical (unpaired) electrons. The highest BCUT2D eigenvalue weighted by atomic mass is 19.1. The van der Waals surface area contributed by atoms with Crippen LogP contribution >= 0.6 is 0 Å². The molecule has 3 rings (SSSR count). The molecule has 4 nitrogen and oxygen atoms in total. The minimum Gasteiger partial charge on any atom is -0.438 e. The average Bonchev–Trinajstić information content (AvgIpc) is 3.00. The molecular weight excluding hydrogens is 271 g/mol. The Morgan fingerprint density at radius 3 is 2.48 bits per heavy atom. The molecule has 0 aliphatic heterocycles. The molecule has 0 unspecified atom stereocenters. The van der Waals surface area contributed by atoms with E-state index < -0.39 is 5.91 Å². The van der Waals surface area contributed by atoms with E-state index in [9.17, 15) is 9.18 Å². The van der Waals surface area contributed by atoms with Crippen molar-refractivity contribution in [1.82, 2.24) is 4.98 Å². The van der Waals surface area contributed by atoms with Gasteiger partial charge < -0.3 is 9.73 Å². The Bertz CT molecular complexity index is 751. The van der Waals surface area contributed by atoms with Gasteiger partial charge in [0.15, 0.2) is 6.39 Å². The van der Waals surface area contributed by atoms with E-state index in [2.05, 4.69) is 10.3 Å². The van der Waals surface area contributed by atoms with E-state index in [1.165, 1.54) is 30.7 Å². The van der Waals surface area contributed by atoms with E-state index >= 15 is 0 Å². The summed E-state index contributed by atoms with van der Waals surface area (Å²) in [6.07, 6.45) is 1.22. The molecule has 0 aliphatic carbocycles. The Kier molecular flexibility index (Phi) is 3.47. The van der Waals surface area contributed by atoms with Gasteiger partial charge in [0.25, 0.3) is 5.91 Å². The highest BCUT2D eigenvalue weighted by Gasteiger charge is 2.18. The molecular formula is C16H11FN2O2. The first-order valence-corrected chi connectivity index (χ1v) is 6.30. The second-order valence-corrected chi connectivity index (χ2v) is 4.36. The zero-order valence-corrected chi connectivity index (χ0v) is 10.9. The Hall–Kier alpha value is -2.95. The molecule has 104 valence electrons. The Balaban J connectivity index is 1.86. The lowest BCUT2D eigenvalue weighted by Gasteiger charge is -2.04. The molecule has 5 heteroatoms. The number of oxazole rings is 1. The standard InChI is InChI=1S/C16H11FN2O2/c17-12-6-8-13(9-7-12)19-16(20)15-14(18-10-21-15)11-4-2-1-3-5-11/h1-10H,(H,19,20). The summed E-state index contributed by atoms with van der Waals surface area (Å²) in [5.74, 6) is -0.680. The van der Waals surface area contributed by atoms with Gasteiger partial charge in [-0.2, -0.15) is 0 Å². The molecule has 0 spiro atoms. The van der Waals surface area contributed by atoms with Crippen LogP contribution < -0.4 is 5.32 Å². The van der Waals surface area contributed by atoms with Gasteiger partial charge in [0.05, 0.1) is 0 Å². The number of halogens is 1. The summed E-state index contributed by atoms with van der Waals surface area (Å²) in [5, 5.41) is 2.64. The summed E-state index contributed by atoms with van der Waals surface area (Å²) in [5.41, 5.74) is 1.74. The molecule has 0 atom stereocenters. The third kappa shape index (κ3) is 2.81. The zero-order chi connectivity index (χ0) is 14.7. The van der Waals surface area contributed by atoms with Gasteiger partial charge in [-0.05, 0) is 24.3 Å². The summed E-state index contributed by atoms with van der Waals surface area (Å²) >= 11 is 0. The molecule has 0 saturated carbocycles. The number of hydrogen-bond acceptors (Lipinski definition) is 3. The van der Waals surface area contributed by atoms with Crippen molar-refractivity contribution in [3.63, 3.8) is 0 Å². The molecule has 1 aromatic heterocycles. The molecule has 0 saturated heterocycles. The third-order valence-corrected chi connectivity index (χ3v) is 2.92. The van der Waals surface area contributed by atoms with Crippen molar-refractivity contribution in [3.05, 3.63) is 72.6 Å². The van der Waals surface area contributed by atoms with Gasteiger partial charge in [-0.25, -0.2) is 9.37 Å². The fraction of sp³-hybridized carbons (Fsp3) is 0. The van der Waals surface area contributed by atoms with Crippen LogP contribution in [-0.2, 0) is 0 Å². The van der Waals surface area contributed by atoms with Crippen LogP contribution in [0.15, 0.2) is 65.4 Å². The van der Waals surface area contributed by atoms with Gasteiger partial charge >= 0.3 is 0 Å². The lowest BCUT2D eigenvalue weighted by atomic mass is 10.1. The van der Waals surface area contributed by atoms with Crippen LogP contribution in [0.2, 0.25) is 0 Å². The number of hydrogen-bond donors (Lipinski definition) is 1. The minimum atomic E-state index is -0.432. The van der Waals surface area contributed by atoms with E-state index in [1.807, 2.05) is 30.3 Å². The van der Waals surface area contributed by atoms with Gasteiger partial charge in [-0.3, -0.25) is 4.79 Å². The van der Waals surface area contributed by atoms with Crippen LogP contribution in [0.3, 0.4) is 0 Å². The van der Waals surface area contributed by atoms with E-state index in [0.29, 0.717) is 11.4 Å². The van der Waals surface area contributed by atoms with Crippen molar-refractivity contribution in [2.24, 2.45) is 0 Å². The molecule has 21 heavy (non-hydrogen) atoms. The Morgan fingerprint density at radius 1 is 1.05 bits per heavy atom. The van der Waals surface area contributed by atoms with Gasteiger partial charge in [-0.1, -0.05) is 30.3 Å². The number of benzene rings is 2. The SMILES string of the molecule is O=C(Nc1ccc(F)cc1)c1ocnc1-c1ccccc1. The van der Waals surface area contributed by atoms with E-state index in [1.54, 1.807) is 0 Å². The molecule has 3 aromatic rings. The maximum atomic E-state index is 12.8. The van der Waals surface area contributed by atoms with Crippen molar-refractivity contribution in [3.8, 4) is 11.3 Å². The topological polar surface area (TPSA) is 55.1 Å². The van der Waals surface area contributed by atoms with E-state index in [4.69, 9.17) is 4.42 Å². The average molecular weight is 282 g/mol. The first-order chi connectivity index (χ1) is 10.2. The van der Waals surface area contributed by atoms with Crippen LogP contribution in [0.4, 0.5) is 10.1 Å². The largest absolute Gasteiger partial charge is 0.438 e. The van der Waals surface area contributed by atoms with Crippen molar-refractivity contribution in [2.75, 3.05) is 5.32 Å². The lowest BCUT2D eigenvalue weighted by Crippen LogP contribution is -2.12. The number of nitrogens with zero attached hydrogens (tertiary/aromatic N) is 1. The Morgan fingerprint density at radius 2 is 1.76 bits per heavy atom. The molecule has 1 N–H and O–H groups in total. The second kappa shape index (κ2) is 5.58. The van der Waals surface area contributed by atoms with Crippen LogP contribution in [-0.4, -0.2) is 10.9 Å². The van der Waals surface area contributed by atoms with E-state index in [0.717, 1.165) is 5.56 Å². The van der Waals surface area contributed by atoms with Crippen LogP contribution in [0.25, 0.3) is 11.3 Å². The first kappa shape index (κ1) is 13.1. The first-order valence-electron chi connectivity index (χ1n) is 6.30.